The topological polar surface area (TPSA) is 29.0 Å². The molecule has 0 unspecified atom stereocenters. The van der Waals surface area contributed by atoms with Crippen molar-refractivity contribution < 1.29 is 0 Å². The summed E-state index contributed by atoms with van der Waals surface area (Å²) in [4.78, 5) is 11.5. The lowest BCUT2D eigenvalue weighted by Crippen LogP contribution is -2.38. The summed E-state index contributed by atoms with van der Waals surface area (Å²) in [5.41, 5.74) is 0.210. The average molecular weight is 298 g/mol. The maximum Gasteiger partial charge on any atom is 0.134 e. The van der Waals surface area contributed by atoms with E-state index < -0.39 is 0 Å². The van der Waals surface area contributed by atoms with E-state index in [1.54, 1.807) is 0 Å². The second-order valence-electron chi connectivity index (χ2n) is 5.63. The fourth-order valence-electron chi connectivity index (χ4n) is 2.35. The molecule has 0 saturated carbocycles. The molecule has 0 aromatic carbocycles. The van der Waals surface area contributed by atoms with Crippen LogP contribution >= 0.6 is 15.9 Å². The summed E-state index contributed by atoms with van der Waals surface area (Å²) in [6, 6.07) is 2.03. The minimum Gasteiger partial charge on any atom is -0.351 e. The van der Waals surface area contributed by atoms with Gasteiger partial charge < -0.3 is 4.90 Å². The molecule has 0 radical (unpaired) electrons. The minimum atomic E-state index is 0.210. The van der Waals surface area contributed by atoms with E-state index in [0.717, 1.165) is 22.8 Å². The van der Waals surface area contributed by atoms with Crippen molar-refractivity contribution in [2.45, 2.75) is 52.0 Å². The lowest BCUT2D eigenvalue weighted by Gasteiger charge is -2.33. The zero-order valence-corrected chi connectivity index (χ0v) is 12.6. The SMILES string of the molecule is CC(C)c1nc(Br)cc(N2CCCC2(C)C)n1. The minimum absolute atomic E-state index is 0.210. The molecular formula is C13H20BrN3. The average Bonchev–Trinajstić information content (AvgIpc) is 2.57. The van der Waals surface area contributed by atoms with Gasteiger partial charge in [0.05, 0.1) is 0 Å². The van der Waals surface area contributed by atoms with Crippen molar-refractivity contribution in [3.8, 4) is 0 Å². The first kappa shape index (κ1) is 12.8. The van der Waals surface area contributed by atoms with E-state index in [0.29, 0.717) is 5.92 Å². The second-order valence-corrected chi connectivity index (χ2v) is 6.44. The van der Waals surface area contributed by atoms with Gasteiger partial charge in [0.1, 0.15) is 16.2 Å². The lowest BCUT2D eigenvalue weighted by molar-refractivity contribution is 0.512. The summed E-state index contributed by atoms with van der Waals surface area (Å²) >= 11 is 3.49. The van der Waals surface area contributed by atoms with Crippen LogP contribution in [0.4, 0.5) is 5.82 Å². The van der Waals surface area contributed by atoms with Crippen LogP contribution in [0.2, 0.25) is 0 Å². The number of nitrogens with zero attached hydrogens (tertiary/aromatic N) is 3. The van der Waals surface area contributed by atoms with Gasteiger partial charge in [0.15, 0.2) is 0 Å². The highest BCUT2D eigenvalue weighted by molar-refractivity contribution is 9.10. The van der Waals surface area contributed by atoms with Gasteiger partial charge in [-0.3, -0.25) is 0 Å². The molecule has 3 nitrogen and oxygen atoms in total. The van der Waals surface area contributed by atoms with Gasteiger partial charge in [-0.15, -0.1) is 0 Å². The quantitative estimate of drug-likeness (QED) is 0.779. The monoisotopic (exact) mass is 297 g/mol. The van der Waals surface area contributed by atoms with Crippen LogP contribution in [-0.2, 0) is 0 Å². The molecule has 1 aromatic rings. The van der Waals surface area contributed by atoms with E-state index in [4.69, 9.17) is 4.98 Å². The van der Waals surface area contributed by atoms with Crippen molar-refractivity contribution in [2.24, 2.45) is 0 Å². The largest absolute Gasteiger partial charge is 0.351 e. The Kier molecular flexibility index (Phi) is 3.43. The summed E-state index contributed by atoms with van der Waals surface area (Å²) in [5.74, 6) is 2.33. The molecule has 0 amide bonds. The maximum absolute atomic E-state index is 4.70. The Morgan fingerprint density at radius 1 is 1.35 bits per heavy atom. The van der Waals surface area contributed by atoms with Crippen molar-refractivity contribution in [1.29, 1.82) is 0 Å². The first-order valence-electron chi connectivity index (χ1n) is 6.22. The number of hydrogen-bond donors (Lipinski definition) is 0. The Morgan fingerprint density at radius 3 is 2.59 bits per heavy atom. The molecule has 4 heteroatoms. The predicted molar refractivity (Wildman–Crippen MR) is 74.5 cm³/mol. The zero-order chi connectivity index (χ0) is 12.6. The van der Waals surface area contributed by atoms with Gasteiger partial charge in [-0.25, -0.2) is 9.97 Å². The molecule has 0 atom stereocenters. The number of anilines is 1. The Bertz CT molecular complexity index is 415. The normalized spacial score (nSPS) is 19.1. The molecule has 1 fully saturated rings. The highest BCUT2D eigenvalue weighted by Gasteiger charge is 2.33. The molecule has 0 bridgehead atoms. The molecule has 1 aliphatic heterocycles. The molecule has 2 rings (SSSR count). The van der Waals surface area contributed by atoms with E-state index >= 15 is 0 Å². The summed E-state index contributed by atoms with van der Waals surface area (Å²) in [6.07, 6.45) is 2.47. The molecule has 0 N–H and O–H groups in total. The fourth-order valence-corrected chi connectivity index (χ4v) is 2.74. The predicted octanol–water partition coefficient (Wildman–Crippen LogP) is 3.74. The van der Waals surface area contributed by atoms with Crippen LogP contribution in [0.15, 0.2) is 10.7 Å². The molecule has 0 spiro atoms. The first-order chi connectivity index (χ1) is 7.90. The van der Waals surface area contributed by atoms with Crippen LogP contribution in [0, 0.1) is 0 Å². The van der Waals surface area contributed by atoms with Gasteiger partial charge in [-0.2, -0.15) is 0 Å². The summed E-state index contributed by atoms with van der Waals surface area (Å²) < 4.78 is 0.883. The van der Waals surface area contributed by atoms with Crippen LogP contribution in [0.1, 0.15) is 52.3 Å². The summed E-state index contributed by atoms with van der Waals surface area (Å²) in [7, 11) is 0. The zero-order valence-electron chi connectivity index (χ0n) is 11.0. The molecular weight excluding hydrogens is 278 g/mol. The van der Waals surface area contributed by atoms with E-state index in [9.17, 15) is 0 Å². The standard InChI is InChI=1S/C13H20BrN3/c1-9(2)12-15-10(14)8-11(16-12)17-7-5-6-13(17,3)4/h8-9H,5-7H2,1-4H3. The summed E-state index contributed by atoms with van der Waals surface area (Å²) in [6.45, 7) is 9.91. The highest BCUT2D eigenvalue weighted by Crippen LogP contribution is 2.33. The molecule has 94 valence electrons. The van der Waals surface area contributed by atoms with Gasteiger partial charge in [-0.1, -0.05) is 13.8 Å². The van der Waals surface area contributed by atoms with E-state index in [1.165, 1.54) is 12.8 Å². The van der Waals surface area contributed by atoms with Crippen molar-refractivity contribution in [3.05, 3.63) is 16.5 Å². The molecule has 0 aliphatic carbocycles. The van der Waals surface area contributed by atoms with E-state index in [2.05, 4.69) is 53.5 Å². The highest BCUT2D eigenvalue weighted by atomic mass is 79.9. The molecule has 1 saturated heterocycles. The Morgan fingerprint density at radius 2 is 2.06 bits per heavy atom. The van der Waals surface area contributed by atoms with E-state index in [1.807, 2.05) is 6.07 Å². The van der Waals surface area contributed by atoms with Crippen LogP contribution in [0.5, 0.6) is 0 Å². The van der Waals surface area contributed by atoms with E-state index in [-0.39, 0.29) is 5.54 Å². The third-order valence-corrected chi connectivity index (χ3v) is 3.80. The fraction of sp³-hybridized carbons (Fsp3) is 0.692. The number of halogens is 1. The molecule has 1 aliphatic rings. The number of hydrogen-bond acceptors (Lipinski definition) is 3. The number of aromatic nitrogens is 2. The smallest absolute Gasteiger partial charge is 0.134 e. The number of rotatable bonds is 2. The molecule has 1 aromatic heterocycles. The van der Waals surface area contributed by atoms with Crippen LogP contribution < -0.4 is 4.90 Å². The van der Waals surface area contributed by atoms with Crippen molar-refractivity contribution in [1.82, 2.24) is 9.97 Å². The van der Waals surface area contributed by atoms with Gasteiger partial charge >= 0.3 is 0 Å². The van der Waals surface area contributed by atoms with Gasteiger partial charge in [-0.05, 0) is 42.6 Å². The van der Waals surface area contributed by atoms with Crippen LogP contribution in [0.3, 0.4) is 0 Å². The first-order valence-corrected chi connectivity index (χ1v) is 7.01. The van der Waals surface area contributed by atoms with Crippen molar-refractivity contribution >= 4 is 21.7 Å². The lowest BCUT2D eigenvalue weighted by atomic mass is 10.0. The van der Waals surface area contributed by atoms with Gasteiger partial charge in [0, 0.05) is 24.1 Å². The summed E-state index contributed by atoms with van der Waals surface area (Å²) in [5, 5.41) is 0. The van der Waals surface area contributed by atoms with Crippen molar-refractivity contribution in [2.75, 3.05) is 11.4 Å². The second kappa shape index (κ2) is 4.56. The molecule has 2 heterocycles. The van der Waals surface area contributed by atoms with Crippen LogP contribution in [0.25, 0.3) is 0 Å². The molecule has 17 heavy (non-hydrogen) atoms. The Hall–Kier alpha value is -0.640. The van der Waals surface area contributed by atoms with Crippen LogP contribution in [-0.4, -0.2) is 22.1 Å². The third kappa shape index (κ3) is 2.62. The van der Waals surface area contributed by atoms with Crippen molar-refractivity contribution in [3.63, 3.8) is 0 Å². The Balaban J connectivity index is 2.38. The Labute approximate surface area is 112 Å². The van der Waals surface area contributed by atoms with Gasteiger partial charge in [0.25, 0.3) is 0 Å². The third-order valence-electron chi connectivity index (χ3n) is 3.39. The maximum atomic E-state index is 4.70. The van der Waals surface area contributed by atoms with Gasteiger partial charge in [0.2, 0.25) is 0 Å².